The van der Waals surface area contributed by atoms with Crippen LogP contribution < -0.4 is 11.3 Å². The van der Waals surface area contributed by atoms with Crippen molar-refractivity contribution in [3.63, 3.8) is 0 Å². The van der Waals surface area contributed by atoms with Crippen LogP contribution in [-0.4, -0.2) is 24.7 Å². The molecule has 0 fully saturated rings. The third kappa shape index (κ3) is 3.03. The van der Waals surface area contributed by atoms with Crippen LogP contribution >= 0.6 is 0 Å². The fourth-order valence-corrected chi connectivity index (χ4v) is 2.02. The van der Waals surface area contributed by atoms with Crippen molar-refractivity contribution in [2.45, 2.75) is 6.42 Å². The van der Waals surface area contributed by atoms with Crippen molar-refractivity contribution in [2.24, 2.45) is 12.9 Å². The highest BCUT2D eigenvalue weighted by Crippen LogP contribution is 2.19. The van der Waals surface area contributed by atoms with E-state index in [9.17, 15) is 0 Å². The third-order valence-corrected chi connectivity index (χ3v) is 2.99. The van der Waals surface area contributed by atoms with Crippen LogP contribution in [0.4, 0.5) is 5.82 Å². The van der Waals surface area contributed by atoms with E-state index in [1.165, 1.54) is 0 Å². The highest BCUT2D eigenvalue weighted by molar-refractivity contribution is 5.60. The molecule has 0 saturated heterocycles. The fraction of sp³-hybridized carbons (Fsp3) is 0.143. The molecule has 0 bridgehead atoms. The first-order chi connectivity index (χ1) is 10.2. The lowest BCUT2D eigenvalue weighted by Gasteiger charge is -2.06. The molecule has 0 aliphatic rings. The van der Waals surface area contributed by atoms with Crippen molar-refractivity contribution < 1.29 is 0 Å². The molecule has 7 heteroatoms. The molecule has 0 saturated carbocycles. The highest BCUT2D eigenvalue weighted by atomic mass is 15.3. The van der Waals surface area contributed by atoms with Crippen LogP contribution in [0.15, 0.2) is 42.9 Å². The van der Waals surface area contributed by atoms with Crippen LogP contribution in [0.1, 0.15) is 11.5 Å². The average molecular weight is 281 g/mol. The van der Waals surface area contributed by atoms with Crippen LogP contribution in [0.3, 0.4) is 0 Å². The predicted octanol–water partition coefficient (Wildman–Crippen LogP) is 1.15. The van der Waals surface area contributed by atoms with Crippen LogP contribution in [-0.2, 0) is 13.5 Å². The summed E-state index contributed by atoms with van der Waals surface area (Å²) in [7, 11) is 1.86. The number of aryl methyl sites for hydroxylation is 1. The van der Waals surface area contributed by atoms with Gasteiger partial charge < -0.3 is 5.43 Å². The molecule has 0 spiro atoms. The molecule has 0 aliphatic heterocycles. The molecule has 0 amide bonds. The Bertz CT molecular complexity index is 736. The van der Waals surface area contributed by atoms with E-state index in [-0.39, 0.29) is 0 Å². The molecule has 3 N–H and O–H groups in total. The molecule has 7 nitrogen and oxygen atoms in total. The first-order valence-corrected chi connectivity index (χ1v) is 6.48. The number of aromatic nitrogens is 5. The summed E-state index contributed by atoms with van der Waals surface area (Å²) in [6.07, 6.45) is 5.95. The standard InChI is InChI=1S/C14H15N7/c1-21-9-10(8-17-21)12-7-14(20-15)19-13(18-12)6-11-4-2-3-5-16-11/h2-5,7-9H,6,15H2,1H3,(H,18,19,20). The van der Waals surface area contributed by atoms with Crippen LogP contribution in [0.2, 0.25) is 0 Å². The van der Waals surface area contributed by atoms with E-state index in [1.807, 2.05) is 31.4 Å². The Labute approximate surface area is 121 Å². The second kappa shape index (κ2) is 5.68. The van der Waals surface area contributed by atoms with Gasteiger partial charge in [0.2, 0.25) is 0 Å². The van der Waals surface area contributed by atoms with E-state index >= 15 is 0 Å². The number of nitrogens with zero attached hydrogens (tertiary/aromatic N) is 5. The first kappa shape index (κ1) is 13.2. The summed E-state index contributed by atoms with van der Waals surface area (Å²) in [6.45, 7) is 0. The van der Waals surface area contributed by atoms with Crippen molar-refractivity contribution in [1.29, 1.82) is 0 Å². The van der Waals surface area contributed by atoms with E-state index in [0.29, 0.717) is 18.1 Å². The lowest BCUT2D eigenvalue weighted by molar-refractivity contribution is 0.768. The zero-order chi connectivity index (χ0) is 14.7. The number of hydrogen-bond donors (Lipinski definition) is 2. The molecule has 0 radical (unpaired) electrons. The second-order valence-corrected chi connectivity index (χ2v) is 4.60. The number of nitrogens with two attached hydrogens (primary N) is 1. The van der Waals surface area contributed by atoms with Gasteiger partial charge in [-0.2, -0.15) is 5.10 Å². The van der Waals surface area contributed by atoms with Gasteiger partial charge in [-0.1, -0.05) is 6.07 Å². The summed E-state index contributed by atoms with van der Waals surface area (Å²) in [5.41, 5.74) is 5.17. The molecule has 0 unspecified atom stereocenters. The van der Waals surface area contributed by atoms with Gasteiger partial charge in [-0.15, -0.1) is 0 Å². The minimum atomic E-state index is 0.545. The molecule has 3 rings (SSSR count). The maximum Gasteiger partial charge on any atom is 0.144 e. The number of anilines is 1. The number of hydrazine groups is 1. The van der Waals surface area contributed by atoms with Gasteiger partial charge in [0.15, 0.2) is 0 Å². The minimum Gasteiger partial charge on any atom is -0.308 e. The first-order valence-electron chi connectivity index (χ1n) is 6.48. The van der Waals surface area contributed by atoms with Crippen LogP contribution in [0, 0.1) is 0 Å². The van der Waals surface area contributed by atoms with Gasteiger partial charge in [0.05, 0.1) is 18.3 Å². The van der Waals surface area contributed by atoms with Gasteiger partial charge in [0.1, 0.15) is 11.6 Å². The molecule has 21 heavy (non-hydrogen) atoms. The Balaban J connectivity index is 1.97. The molecule has 3 aromatic rings. The predicted molar refractivity (Wildman–Crippen MR) is 79.1 cm³/mol. The van der Waals surface area contributed by atoms with Gasteiger partial charge in [0, 0.05) is 36.8 Å². The van der Waals surface area contributed by atoms with Gasteiger partial charge in [-0.3, -0.25) is 9.67 Å². The molecule has 0 aromatic carbocycles. The normalized spacial score (nSPS) is 10.6. The van der Waals surface area contributed by atoms with Gasteiger partial charge in [-0.05, 0) is 12.1 Å². The maximum atomic E-state index is 5.49. The fourth-order valence-electron chi connectivity index (χ4n) is 2.02. The van der Waals surface area contributed by atoms with E-state index in [1.54, 1.807) is 23.1 Å². The van der Waals surface area contributed by atoms with Gasteiger partial charge in [0.25, 0.3) is 0 Å². The SMILES string of the molecule is Cn1cc(-c2cc(NN)nc(Cc3ccccn3)n2)cn1. The van der Waals surface area contributed by atoms with E-state index in [0.717, 1.165) is 17.0 Å². The lowest BCUT2D eigenvalue weighted by atomic mass is 10.2. The van der Waals surface area contributed by atoms with Crippen molar-refractivity contribution in [3.8, 4) is 11.3 Å². The van der Waals surface area contributed by atoms with Gasteiger partial charge >= 0.3 is 0 Å². The molecular formula is C14H15N7. The molecule has 3 heterocycles. The summed E-state index contributed by atoms with van der Waals surface area (Å²) < 4.78 is 1.73. The van der Waals surface area contributed by atoms with E-state index in [2.05, 4.69) is 25.5 Å². The summed E-state index contributed by atoms with van der Waals surface area (Å²) in [5, 5.41) is 4.15. The number of pyridine rings is 1. The van der Waals surface area contributed by atoms with Crippen molar-refractivity contribution in [2.75, 3.05) is 5.43 Å². The molecule has 3 aromatic heterocycles. The molecule has 106 valence electrons. The summed E-state index contributed by atoms with van der Waals surface area (Å²) in [5.74, 6) is 6.71. The van der Waals surface area contributed by atoms with Crippen molar-refractivity contribution >= 4 is 5.82 Å². The van der Waals surface area contributed by atoms with Gasteiger partial charge in [-0.25, -0.2) is 15.8 Å². The molecule has 0 aliphatic carbocycles. The zero-order valence-corrected chi connectivity index (χ0v) is 11.6. The monoisotopic (exact) mass is 281 g/mol. The Morgan fingerprint density at radius 2 is 2.19 bits per heavy atom. The Morgan fingerprint density at radius 3 is 2.86 bits per heavy atom. The quantitative estimate of drug-likeness (QED) is 0.550. The minimum absolute atomic E-state index is 0.545. The summed E-state index contributed by atoms with van der Waals surface area (Å²) >= 11 is 0. The summed E-state index contributed by atoms with van der Waals surface area (Å²) in [6, 6.07) is 7.55. The van der Waals surface area contributed by atoms with E-state index in [4.69, 9.17) is 5.84 Å². The number of rotatable bonds is 4. The third-order valence-electron chi connectivity index (χ3n) is 2.99. The topological polar surface area (TPSA) is 94.5 Å². The smallest absolute Gasteiger partial charge is 0.144 e. The average Bonchev–Trinajstić information content (AvgIpc) is 2.94. The highest BCUT2D eigenvalue weighted by Gasteiger charge is 2.09. The number of nitrogen functional groups attached to an aromatic ring is 1. The summed E-state index contributed by atoms with van der Waals surface area (Å²) in [4.78, 5) is 13.2. The zero-order valence-electron chi connectivity index (χ0n) is 11.6. The number of hydrogen-bond acceptors (Lipinski definition) is 6. The molecule has 0 atom stereocenters. The number of nitrogens with one attached hydrogen (secondary N) is 1. The second-order valence-electron chi connectivity index (χ2n) is 4.60. The Kier molecular flexibility index (Phi) is 3.57. The maximum absolute atomic E-state index is 5.49. The Hall–Kier alpha value is -2.80. The van der Waals surface area contributed by atoms with Crippen molar-refractivity contribution in [3.05, 3.63) is 54.4 Å². The Morgan fingerprint density at radius 1 is 1.29 bits per heavy atom. The van der Waals surface area contributed by atoms with Crippen LogP contribution in [0.25, 0.3) is 11.3 Å². The van der Waals surface area contributed by atoms with Crippen LogP contribution in [0.5, 0.6) is 0 Å². The molecular weight excluding hydrogens is 266 g/mol. The van der Waals surface area contributed by atoms with E-state index < -0.39 is 0 Å². The van der Waals surface area contributed by atoms with Crippen molar-refractivity contribution in [1.82, 2.24) is 24.7 Å². The largest absolute Gasteiger partial charge is 0.308 e. The lowest BCUT2D eigenvalue weighted by Crippen LogP contribution is -2.11.